The molecule has 4 aromatic rings. The highest BCUT2D eigenvalue weighted by atomic mass is 32.2. The smallest absolute Gasteiger partial charge is 0.268 e. The fraction of sp³-hybridized carbons (Fsp3) is 0.300. The van der Waals surface area contributed by atoms with Crippen LogP contribution in [-0.4, -0.2) is 19.4 Å². The van der Waals surface area contributed by atoms with E-state index in [1.807, 2.05) is 68.2 Å². The van der Waals surface area contributed by atoms with E-state index in [4.69, 9.17) is 0 Å². The van der Waals surface area contributed by atoms with Gasteiger partial charge in [0, 0.05) is 13.1 Å². The van der Waals surface area contributed by atoms with Crippen LogP contribution < -0.4 is 11.1 Å². The summed E-state index contributed by atoms with van der Waals surface area (Å²) in [4.78, 5) is 24.6. The average Bonchev–Trinajstić information content (AvgIpc) is 3.19. The van der Waals surface area contributed by atoms with Gasteiger partial charge in [-0.2, -0.15) is 11.8 Å². The molecule has 140 valence electrons. The minimum absolute atomic E-state index is 0.129. The van der Waals surface area contributed by atoms with E-state index >= 15 is 0 Å². The number of rotatable bonds is 8. The number of nitrogens with zero attached hydrogens (tertiary/aromatic N) is 2. The minimum Gasteiger partial charge on any atom is -0.268 e. The van der Waals surface area contributed by atoms with Crippen LogP contribution in [0, 0.1) is 0 Å². The quantitative estimate of drug-likeness (QED) is 0.393. The van der Waals surface area contributed by atoms with E-state index in [2.05, 4.69) is 0 Å². The molecule has 0 unspecified atom stereocenters. The van der Waals surface area contributed by atoms with Gasteiger partial charge in [0.2, 0.25) is 0 Å². The summed E-state index contributed by atoms with van der Waals surface area (Å²) < 4.78 is 5.84. The molecule has 0 saturated heterocycles. The van der Waals surface area contributed by atoms with Crippen molar-refractivity contribution in [3.63, 3.8) is 0 Å². The molecule has 4 rings (SSSR count). The van der Waals surface area contributed by atoms with Crippen molar-refractivity contribution in [3.05, 3.63) is 69.2 Å². The SMILES string of the molecule is O=c1c2ccccc2sn1CCCSCCCn1sc2ccccc2c1=O. The van der Waals surface area contributed by atoms with E-state index in [1.165, 1.54) is 0 Å². The summed E-state index contributed by atoms with van der Waals surface area (Å²) in [7, 11) is 0. The number of hydrogen-bond donors (Lipinski definition) is 0. The standard InChI is InChI=1S/C20H20N2O2S3/c23-19-15-7-1-3-9-17(15)26-21(19)11-5-13-25-14-6-12-22-20(24)16-8-2-4-10-18(16)27-22/h1-4,7-10H,5-6,11-14H2. The molecule has 4 nitrogen and oxygen atoms in total. The molecule has 0 aliphatic rings. The van der Waals surface area contributed by atoms with E-state index in [-0.39, 0.29) is 11.1 Å². The van der Waals surface area contributed by atoms with Crippen LogP contribution in [-0.2, 0) is 13.1 Å². The summed E-state index contributed by atoms with van der Waals surface area (Å²) >= 11 is 5.00. The Labute approximate surface area is 169 Å². The third-order valence-corrected chi connectivity index (χ3v) is 7.80. The number of fused-ring (bicyclic) bond motifs is 2. The zero-order valence-corrected chi connectivity index (χ0v) is 17.2. The molecule has 2 aromatic heterocycles. The van der Waals surface area contributed by atoms with E-state index in [1.54, 1.807) is 23.1 Å². The van der Waals surface area contributed by atoms with Gasteiger partial charge in [0.1, 0.15) is 0 Å². The van der Waals surface area contributed by atoms with Crippen molar-refractivity contribution in [1.29, 1.82) is 0 Å². The zero-order valence-electron chi connectivity index (χ0n) is 14.8. The van der Waals surface area contributed by atoms with Gasteiger partial charge < -0.3 is 0 Å². The Bertz CT molecular complexity index is 1080. The predicted molar refractivity (Wildman–Crippen MR) is 119 cm³/mol. The van der Waals surface area contributed by atoms with Crippen LogP contribution >= 0.6 is 34.8 Å². The van der Waals surface area contributed by atoms with Crippen molar-refractivity contribution in [3.8, 4) is 0 Å². The monoisotopic (exact) mass is 416 g/mol. The zero-order chi connectivity index (χ0) is 18.6. The lowest BCUT2D eigenvalue weighted by atomic mass is 10.3. The fourth-order valence-corrected chi connectivity index (χ4v) is 5.99. The lowest BCUT2D eigenvalue weighted by molar-refractivity contribution is 0.713. The molecular weight excluding hydrogens is 396 g/mol. The average molecular weight is 417 g/mol. The Hall–Kier alpha value is -1.83. The third-order valence-electron chi connectivity index (χ3n) is 4.40. The van der Waals surface area contributed by atoms with E-state index in [0.29, 0.717) is 0 Å². The molecular formula is C20H20N2O2S3. The topological polar surface area (TPSA) is 44.0 Å². The predicted octanol–water partition coefficient (Wildman–Crippen LogP) is 4.65. The van der Waals surface area contributed by atoms with Gasteiger partial charge in [0.05, 0.1) is 20.2 Å². The van der Waals surface area contributed by atoms with Crippen molar-refractivity contribution < 1.29 is 0 Å². The maximum absolute atomic E-state index is 12.3. The molecule has 0 atom stereocenters. The molecule has 0 aliphatic carbocycles. The molecule has 0 saturated carbocycles. The summed E-state index contributed by atoms with van der Waals surface area (Å²) in [6, 6.07) is 15.6. The Morgan fingerprint density at radius 1 is 0.704 bits per heavy atom. The second-order valence-electron chi connectivity index (χ2n) is 6.31. The molecule has 2 aromatic carbocycles. The van der Waals surface area contributed by atoms with Gasteiger partial charge in [0.15, 0.2) is 0 Å². The van der Waals surface area contributed by atoms with Gasteiger partial charge in [-0.25, -0.2) is 0 Å². The second-order valence-corrected chi connectivity index (χ2v) is 9.66. The minimum atomic E-state index is 0.129. The largest absolute Gasteiger partial charge is 0.268 e. The number of hydrogen-bond acceptors (Lipinski definition) is 5. The van der Waals surface area contributed by atoms with Crippen LogP contribution in [0.5, 0.6) is 0 Å². The number of thioether (sulfide) groups is 1. The summed E-state index contributed by atoms with van der Waals surface area (Å²) in [5.41, 5.74) is 0.259. The normalized spacial score (nSPS) is 11.6. The summed E-state index contributed by atoms with van der Waals surface area (Å²) in [6.07, 6.45) is 1.97. The van der Waals surface area contributed by atoms with E-state index in [9.17, 15) is 9.59 Å². The maximum atomic E-state index is 12.3. The maximum Gasteiger partial charge on any atom is 0.268 e. The van der Waals surface area contributed by atoms with Crippen LogP contribution in [0.1, 0.15) is 12.8 Å². The highest BCUT2D eigenvalue weighted by Crippen LogP contribution is 2.18. The van der Waals surface area contributed by atoms with Gasteiger partial charge >= 0.3 is 0 Å². The lowest BCUT2D eigenvalue weighted by Gasteiger charge is -2.03. The number of aryl methyl sites for hydroxylation is 2. The second kappa shape index (κ2) is 8.46. The summed E-state index contributed by atoms with van der Waals surface area (Å²) in [5, 5.41) is 1.65. The molecule has 0 bridgehead atoms. The van der Waals surface area contributed by atoms with Crippen LogP contribution in [0.3, 0.4) is 0 Å². The summed E-state index contributed by atoms with van der Waals surface area (Å²) in [6.45, 7) is 1.56. The van der Waals surface area contributed by atoms with E-state index in [0.717, 1.165) is 57.6 Å². The molecule has 0 aliphatic heterocycles. The van der Waals surface area contributed by atoms with E-state index < -0.39 is 0 Å². The number of aromatic nitrogens is 2. The molecule has 0 spiro atoms. The van der Waals surface area contributed by atoms with Gasteiger partial charge in [-0.15, -0.1) is 0 Å². The lowest BCUT2D eigenvalue weighted by Crippen LogP contribution is -2.14. The number of benzene rings is 2. The van der Waals surface area contributed by atoms with Crippen LogP contribution in [0.25, 0.3) is 20.2 Å². The highest BCUT2D eigenvalue weighted by Gasteiger charge is 2.07. The van der Waals surface area contributed by atoms with Crippen LogP contribution in [0.15, 0.2) is 58.1 Å². The first-order chi connectivity index (χ1) is 13.2. The Kier molecular flexibility index (Phi) is 5.80. The van der Waals surface area contributed by atoms with Gasteiger partial charge in [-0.05, 0) is 48.6 Å². The third kappa shape index (κ3) is 4.05. The van der Waals surface area contributed by atoms with Crippen molar-refractivity contribution in [2.24, 2.45) is 0 Å². The first-order valence-corrected chi connectivity index (χ1v) is 11.7. The molecule has 7 heteroatoms. The highest BCUT2D eigenvalue weighted by molar-refractivity contribution is 7.99. The van der Waals surface area contributed by atoms with Gasteiger partial charge in [0.25, 0.3) is 11.1 Å². The molecule has 2 heterocycles. The molecule has 0 fully saturated rings. The molecule has 0 radical (unpaired) electrons. The van der Waals surface area contributed by atoms with Crippen molar-refractivity contribution in [2.75, 3.05) is 11.5 Å². The van der Waals surface area contributed by atoms with Gasteiger partial charge in [-0.1, -0.05) is 47.3 Å². The molecule has 0 N–H and O–H groups in total. The molecule has 27 heavy (non-hydrogen) atoms. The van der Waals surface area contributed by atoms with Crippen molar-refractivity contribution in [2.45, 2.75) is 25.9 Å². The van der Waals surface area contributed by atoms with Crippen LogP contribution in [0.2, 0.25) is 0 Å². The van der Waals surface area contributed by atoms with Crippen molar-refractivity contribution in [1.82, 2.24) is 7.91 Å². The van der Waals surface area contributed by atoms with Crippen LogP contribution in [0.4, 0.5) is 0 Å². The fourth-order valence-electron chi connectivity index (χ4n) is 3.05. The van der Waals surface area contributed by atoms with Crippen molar-refractivity contribution >= 4 is 55.0 Å². The van der Waals surface area contributed by atoms with Gasteiger partial charge in [-0.3, -0.25) is 17.5 Å². The summed E-state index contributed by atoms with van der Waals surface area (Å²) in [5.74, 6) is 2.06. The first kappa shape index (κ1) is 18.5. The molecule has 0 amide bonds. The first-order valence-electron chi connectivity index (χ1n) is 8.99. The Morgan fingerprint density at radius 3 is 1.59 bits per heavy atom. The Morgan fingerprint density at radius 2 is 1.15 bits per heavy atom. The Balaban J connectivity index is 1.21.